The van der Waals surface area contributed by atoms with Gasteiger partial charge in [-0.05, 0) is 40.0 Å². The van der Waals surface area contributed by atoms with Gasteiger partial charge in [0.2, 0.25) is 5.88 Å². The Bertz CT molecular complexity index is 476. The molecule has 2 unspecified atom stereocenters. The van der Waals surface area contributed by atoms with Crippen molar-refractivity contribution >= 4 is 6.09 Å². The summed E-state index contributed by atoms with van der Waals surface area (Å²) in [5, 5.41) is 14.1. The number of carbonyl (C=O) groups excluding carboxylic acids is 1. The zero-order valence-electron chi connectivity index (χ0n) is 11.6. The number of nitrogens with zero attached hydrogens (tertiary/aromatic N) is 2. The number of hydrogen-bond donors (Lipinski definition) is 2. The van der Waals surface area contributed by atoms with Crippen molar-refractivity contribution < 1.29 is 14.6 Å². The summed E-state index contributed by atoms with van der Waals surface area (Å²) in [7, 11) is 0. The minimum absolute atomic E-state index is 0.217. The Labute approximate surface area is 112 Å². The number of carbonyl (C=O) groups is 1. The van der Waals surface area contributed by atoms with Crippen LogP contribution in [0.2, 0.25) is 0 Å². The molecular weight excluding hydrogens is 246 g/mol. The smallest absolute Gasteiger partial charge is 0.393 e. The summed E-state index contributed by atoms with van der Waals surface area (Å²) in [6, 6.07) is 1.75. The number of primary amides is 1. The van der Waals surface area contributed by atoms with E-state index in [0.29, 0.717) is 12.3 Å². The van der Waals surface area contributed by atoms with E-state index in [1.165, 1.54) is 0 Å². The SMILES string of the molecule is CC(C)(C)n1nc(C2CCC(O)C2)cc1OC(N)=O. The number of nitrogens with two attached hydrogens (primary N) is 1. The maximum absolute atomic E-state index is 10.9. The summed E-state index contributed by atoms with van der Waals surface area (Å²) in [6.07, 6.45) is 1.29. The molecule has 1 saturated carbocycles. The maximum Gasteiger partial charge on any atom is 0.411 e. The molecule has 19 heavy (non-hydrogen) atoms. The second-order valence-corrected chi connectivity index (χ2v) is 6.07. The molecule has 2 rings (SSSR count). The van der Waals surface area contributed by atoms with Gasteiger partial charge in [-0.3, -0.25) is 0 Å². The Morgan fingerprint density at radius 2 is 2.21 bits per heavy atom. The molecule has 106 valence electrons. The molecule has 2 atom stereocenters. The van der Waals surface area contributed by atoms with Gasteiger partial charge >= 0.3 is 6.09 Å². The molecule has 0 aromatic carbocycles. The summed E-state index contributed by atoms with van der Waals surface area (Å²) in [5.41, 5.74) is 5.62. The molecule has 1 amide bonds. The molecule has 3 N–H and O–H groups in total. The second-order valence-electron chi connectivity index (χ2n) is 6.07. The fraction of sp³-hybridized carbons (Fsp3) is 0.692. The van der Waals surface area contributed by atoms with Crippen LogP contribution in [0.5, 0.6) is 5.88 Å². The molecule has 6 heteroatoms. The van der Waals surface area contributed by atoms with Gasteiger partial charge in [-0.15, -0.1) is 0 Å². The van der Waals surface area contributed by atoms with Gasteiger partial charge in [0.1, 0.15) is 0 Å². The summed E-state index contributed by atoms with van der Waals surface area (Å²) in [5.74, 6) is 0.574. The normalized spacial score (nSPS) is 23.6. The zero-order valence-corrected chi connectivity index (χ0v) is 11.6. The van der Waals surface area contributed by atoms with Gasteiger partial charge in [0.25, 0.3) is 0 Å². The third-order valence-electron chi connectivity index (χ3n) is 3.36. The number of ether oxygens (including phenoxy) is 1. The monoisotopic (exact) mass is 267 g/mol. The maximum atomic E-state index is 10.9. The van der Waals surface area contributed by atoms with Gasteiger partial charge < -0.3 is 15.6 Å². The summed E-state index contributed by atoms with van der Waals surface area (Å²) >= 11 is 0. The van der Waals surface area contributed by atoms with E-state index >= 15 is 0 Å². The Hall–Kier alpha value is -1.56. The molecule has 0 radical (unpaired) electrons. The minimum atomic E-state index is -0.844. The van der Waals surface area contributed by atoms with Crippen molar-refractivity contribution in [1.82, 2.24) is 9.78 Å². The average molecular weight is 267 g/mol. The number of aromatic nitrogens is 2. The Balaban J connectivity index is 2.31. The average Bonchev–Trinajstić information content (AvgIpc) is 2.82. The van der Waals surface area contributed by atoms with Crippen LogP contribution in [0, 0.1) is 0 Å². The van der Waals surface area contributed by atoms with Gasteiger partial charge in [0.05, 0.1) is 17.3 Å². The molecule has 1 aromatic heterocycles. The van der Waals surface area contributed by atoms with Gasteiger partial charge in [-0.1, -0.05) is 0 Å². The highest BCUT2D eigenvalue weighted by atomic mass is 16.6. The first-order chi connectivity index (χ1) is 8.77. The van der Waals surface area contributed by atoms with Crippen LogP contribution in [-0.4, -0.2) is 27.1 Å². The van der Waals surface area contributed by atoms with Crippen LogP contribution in [-0.2, 0) is 5.54 Å². The van der Waals surface area contributed by atoms with Crippen LogP contribution >= 0.6 is 0 Å². The van der Waals surface area contributed by atoms with Crippen molar-refractivity contribution in [3.8, 4) is 5.88 Å². The third kappa shape index (κ3) is 3.07. The summed E-state index contributed by atoms with van der Waals surface area (Å²) in [4.78, 5) is 10.9. The van der Waals surface area contributed by atoms with Crippen molar-refractivity contribution in [2.75, 3.05) is 0 Å². The van der Waals surface area contributed by atoms with E-state index in [1.54, 1.807) is 10.7 Å². The van der Waals surface area contributed by atoms with Crippen LogP contribution in [0.3, 0.4) is 0 Å². The molecule has 0 spiro atoms. The lowest BCUT2D eigenvalue weighted by molar-refractivity contribution is 0.181. The van der Waals surface area contributed by atoms with Crippen molar-refractivity contribution in [2.24, 2.45) is 5.73 Å². The summed E-state index contributed by atoms with van der Waals surface area (Å²) in [6.45, 7) is 5.92. The van der Waals surface area contributed by atoms with E-state index in [2.05, 4.69) is 5.10 Å². The molecule has 0 saturated heterocycles. The van der Waals surface area contributed by atoms with Crippen LogP contribution in [0.4, 0.5) is 4.79 Å². The van der Waals surface area contributed by atoms with Crippen molar-refractivity contribution in [3.63, 3.8) is 0 Å². The first kappa shape index (κ1) is 13.9. The molecule has 1 aromatic rings. The number of amides is 1. The molecule has 6 nitrogen and oxygen atoms in total. The van der Waals surface area contributed by atoms with Crippen LogP contribution in [0.15, 0.2) is 6.07 Å². The highest BCUT2D eigenvalue weighted by Crippen LogP contribution is 2.36. The molecule has 1 heterocycles. The van der Waals surface area contributed by atoms with E-state index in [0.717, 1.165) is 18.5 Å². The third-order valence-corrected chi connectivity index (χ3v) is 3.36. The minimum Gasteiger partial charge on any atom is -0.393 e. The lowest BCUT2D eigenvalue weighted by Crippen LogP contribution is -2.27. The lowest BCUT2D eigenvalue weighted by Gasteiger charge is -2.21. The van der Waals surface area contributed by atoms with Crippen molar-refractivity contribution in [3.05, 3.63) is 11.8 Å². The Morgan fingerprint density at radius 1 is 1.53 bits per heavy atom. The van der Waals surface area contributed by atoms with E-state index in [1.807, 2.05) is 20.8 Å². The topological polar surface area (TPSA) is 90.4 Å². The Morgan fingerprint density at radius 3 is 2.68 bits per heavy atom. The van der Waals surface area contributed by atoms with E-state index in [-0.39, 0.29) is 17.6 Å². The van der Waals surface area contributed by atoms with Gasteiger partial charge in [-0.25, -0.2) is 9.48 Å². The molecule has 1 fully saturated rings. The van der Waals surface area contributed by atoms with Crippen molar-refractivity contribution in [2.45, 2.75) is 57.6 Å². The predicted molar refractivity (Wildman–Crippen MR) is 70.0 cm³/mol. The molecule has 0 bridgehead atoms. The van der Waals surface area contributed by atoms with Crippen LogP contribution in [0.25, 0.3) is 0 Å². The van der Waals surface area contributed by atoms with Gasteiger partial charge in [0.15, 0.2) is 0 Å². The standard InChI is InChI=1S/C13H21N3O3/c1-13(2,3)16-11(19-12(14)18)7-10(15-16)8-4-5-9(17)6-8/h7-9,17H,4-6H2,1-3H3,(H2,14,18). The van der Waals surface area contributed by atoms with Crippen molar-refractivity contribution in [1.29, 1.82) is 0 Å². The first-order valence-corrected chi connectivity index (χ1v) is 6.53. The lowest BCUT2D eigenvalue weighted by atomic mass is 10.0. The second kappa shape index (κ2) is 4.85. The first-order valence-electron chi connectivity index (χ1n) is 6.53. The molecular formula is C13H21N3O3. The fourth-order valence-corrected chi connectivity index (χ4v) is 2.46. The fourth-order valence-electron chi connectivity index (χ4n) is 2.46. The molecule has 0 aliphatic heterocycles. The van der Waals surface area contributed by atoms with Gasteiger partial charge in [-0.2, -0.15) is 5.10 Å². The number of rotatable bonds is 2. The van der Waals surface area contributed by atoms with Crippen LogP contribution < -0.4 is 10.5 Å². The zero-order chi connectivity index (χ0) is 14.2. The number of aliphatic hydroxyl groups excluding tert-OH is 1. The highest BCUT2D eigenvalue weighted by molar-refractivity contribution is 5.67. The quantitative estimate of drug-likeness (QED) is 0.853. The Kier molecular flexibility index (Phi) is 3.54. The largest absolute Gasteiger partial charge is 0.411 e. The number of hydrogen-bond acceptors (Lipinski definition) is 4. The summed E-state index contributed by atoms with van der Waals surface area (Å²) < 4.78 is 6.68. The van der Waals surface area contributed by atoms with Crippen LogP contribution in [0.1, 0.15) is 51.6 Å². The highest BCUT2D eigenvalue weighted by Gasteiger charge is 2.29. The van der Waals surface area contributed by atoms with E-state index in [9.17, 15) is 9.90 Å². The van der Waals surface area contributed by atoms with Gasteiger partial charge in [0, 0.05) is 12.0 Å². The number of aliphatic hydroxyl groups is 1. The predicted octanol–water partition coefficient (Wildman–Crippen LogP) is 1.72. The molecule has 1 aliphatic carbocycles. The molecule has 1 aliphatic rings. The van der Waals surface area contributed by atoms with E-state index < -0.39 is 6.09 Å². The van der Waals surface area contributed by atoms with E-state index in [4.69, 9.17) is 10.5 Å².